The molecule has 0 radical (unpaired) electrons. The van der Waals surface area contributed by atoms with Crippen LogP contribution in [0.1, 0.15) is 18.1 Å². The molecule has 2 heteroatoms. The molecular formula is C17H18N2. The second-order valence-corrected chi connectivity index (χ2v) is 4.80. The third kappa shape index (κ3) is 2.63. The Morgan fingerprint density at radius 3 is 2.53 bits per heavy atom. The van der Waals surface area contributed by atoms with Crippen molar-refractivity contribution in [2.45, 2.75) is 19.9 Å². The predicted octanol–water partition coefficient (Wildman–Crippen LogP) is 4.34. The molecule has 19 heavy (non-hydrogen) atoms. The summed E-state index contributed by atoms with van der Waals surface area (Å²) in [4.78, 5) is 3.21. The molecule has 0 aliphatic heterocycles. The van der Waals surface area contributed by atoms with Crippen molar-refractivity contribution in [3.05, 3.63) is 65.9 Å². The second-order valence-electron chi connectivity index (χ2n) is 4.80. The maximum atomic E-state index is 3.47. The number of benzene rings is 2. The fraction of sp³-hybridized carbons (Fsp3) is 0.176. The lowest BCUT2D eigenvalue weighted by Crippen LogP contribution is -1.99. The van der Waals surface area contributed by atoms with Gasteiger partial charge in [-0.05, 0) is 41.8 Å². The van der Waals surface area contributed by atoms with Crippen LogP contribution in [-0.2, 0) is 13.0 Å². The standard InChI is InChI=1S/C17H18N2/c1-2-13-3-5-14(6-4-13)12-19-16-7-8-17-15(11-16)9-10-18-17/h3-11,18-19H,2,12H2,1H3. The summed E-state index contributed by atoms with van der Waals surface area (Å²) in [7, 11) is 0. The quantitative estimate of drug-likeness (QED) is 0.708. The molecule has 96 valence electrons. The fourth-order valence-electron chi connectivity index (χ4n) is 2.26. The van der Waals surface area contributed by atoms with Gasteiger partial charge >= 0.3 is 0 Å². The number of fused-ring (bicyclic) bond motifs is 1. The maximum absolute atomic E-state index is 3.47. The smallest absolute Gasteiger partial charge is 0.0455 e. The first kappa shape index (κ1) is 11.8. The molecule has 1 aromatic heterocycles. The van der Waals surface area contributed by atoms with Gasteiger partial charge in [0.2, 0.25) is 0 Å². The van der Waals surface area contributed by atoms with Crippen molar-refractivity contribution in [1.29, 1.82) is 0 Å². The summed E-state index contributed by atoms with van der Waals surface area (Å²) < 4.78 is 0. The summed E-state index contributed by atoms with van der Waals surface area (Å²) >= 11 is 0. The Hall–Kier alpha value is -2.22. The fourth-order valence-corrected chi connectivity index (χ4v) is 2.26. The van der Waals surface area contributed by atoms with E-state index in [1.165, 1.54) is 22.0 Å². The lowest BCUT2D eigenvalue weighted by atomic mass is 10.1. The molecule has 1 heterocycles. The molecule has 3 rings (SSSR count). The van der Waals surface area contributed by atoms with Gasteiger partial charge in [-0.15, -0.1) is 0 Å². The minimum atomic E-state index is 0.861. The van der Waals surface area contributed by atoms with Crippen LogP contribution in [0.4, 0.5) is 5.69 Å². The third-order valence-corrected chi connectivity index (χ3v) is 3.48. The Bertz CT molecular complexity index is 665. The van der Waals surface area contributed by atoms with Crippen LogP contribution in [0.15, 0.2) is 54.7 Å². The number of hydrogen-bond donors (Lipinski definition) is 2. The number of aromatic nitrogens is 1. The average molecular weight is 250 g/mol. The molecule has 0 aliphatic rings. The molecule has 0 amide bonds. The minimum absolute atomic E-state index is 0.861. The van der Waals surface area contributed by atoms with Gasteiger partial charge < -0.3 is 10.3 Å². The monoisotopic (exact) mass is 250 g/mol. The van der Waals surface area contributed by atoms with Gasteiger partial charge in [-0.1, -0.05) is 31.2 Å². The Kier molecular flexibility index (Phi) is 3.23. The number of aryl methyl sites for hydroxylation is 1. The topological polar surface area (TPSA) is 27.8 Å². The number of rotatable bonds is 4. The van der Waals surface area contributed by atoms with E-state index in [2.05, 4.69) is 65.8 Å². The Morgan fingerprint density at radius 2 is 1.74 bits per heavy atom. The van der Waals surface area contributed by atoms with Crippen molar-refractivity contribution in [1.82, 2.24) is 4.98 Å². The van der Waals surface area contributed by atoms with Crippen LogP contribution in [0, 0.1) is 0 Å². The van der Waals surface area contributed by atoms with Crippen LogP contribution >= 0.6 is 0 Å². The average Bonchev–Trinajstić information content (AvgIpc) is 2.93. The molecule has 2 aromatic carbocycles. The van der Waals surface area contributed by atoms with E-state index >= 15 is 0 Å². The molecule has 0 aliphatic carbocycles. The highest BCUT2D eigenvalue weighted by molar-refractivity contribution is 5.82. The van der Waals surface area contributed by atoms with Gasteiger partial charge in [0.1, 0.15) is 0 Å². The Labute approximate surface area is 113 Å². The zero-order valence-electron chi connectivity index (χ0n) is 11.1. The number of hydrogen-bond acceptors (Lipinski definition) is 1. The zero-order chi connectivity index (χ0) is 13.1. The van der Waals surface area contributed by atoms with Crippen LogP contribution in [0.25, 0.3) is 10.9 Å². The van der Waals surface area contributed by atoms with Crippen LogP contribution in [-0.4, -0.2) is 4.98 Å². The van der Waals surface area contributed by atoms with E-state index in [1.54, 1.807) is 0 Å². The molecule has 2 N–H and O–H groups in total. The van der Waals surface area contributed by atoms with Gasteiger partial charge in [-0.2, -0.15) is 0 Å². The second kappa shape index (κ2) is 5.19. The van der Waals surface area contributed by atoms with E-state index in [0.29, 0.717) is 0 Å². The van der Waals surface area contributed by atoms with Crippen LogP contribution < -0.4 is 5.32 Å². The van der Waals surface area contributed by atoms with E-state index in [1.807, 2.05) is 6.20 Å². The number of H-pyrrole nitrogens is 1. The molecular weight excluding hydrogens is 232 g/mol. The van der Waals surface area contributed by atoms with Gasteiger partial charge in [0, 0.05) is 29.3 Å². The van der Waals surface area contributed by atoms with Crippen LogP contribution in [0.5, 0.6) is 0 Å². The highest BCUT2D eigenvalue weighted by atomic mass is 14.9. The van der Waals surface area contributed by atoms with Gasteiger partial charge in [0.15, 0.2) is 0 Å². The zero-order valence-corrected chi connectivity index (χ0v) is 11.1. The highest BCUT2D eigenvalue weighted by Crippen LogP contribution is 2.18. The SMILES string of the molecule is CCc1ccc(CNc2ccc3[nH]ccc3c2)cc1. The van der Waals surface area contributed by atoms with Crippen molar-refractivity contribution in [3.8, 4) is 0 Å². The van der Waals surface area contributed by atoms with Gasteiger partial charge in [-0.3, -0.25) is 0 Å². The minimum Gasteiger partial charge on any atom is -0.381 e. The molecule has 0 bridgehead atoms. The van der Waals surface area contributed by atoms with Crippen molar-refractivity contribution in [2.75, 3.05) is 5.32 Å². The summed E-state index contributed by atoms with van der Waals surface area (Å²) in [5, 5.41) is 4.71. The third-order valence-electron chi connectivity index (χ3n) is 3.48. The molecule has 0 unspecified atom stereocenters. The summed E-state index contributed by atoms with van der Waals surface area (Å²) in [6, 6.07) is 17.3. The van der Waals surface area contributed by atoms with Crippen LogP contribution in [0.2, 0.25) is 0 Å². The molecule has 2 nitrogen and oxygen atoms in total. The number of nitrogens with one attached hydrogen (secondary N) is 2. The Balaban J connectivity index is 1.70. The Morgan fingerprint density at radius 1 is 0.947 bits per heavy atom. The van der Waals surface area contributed by atoms with Crippen molar-refractivity contribution in [2.24, 2.45) is 0 Å². The van der Waals surface area contributed by atoms with E-state index in [9.17, 15) is 0 Å². The van der Waals surface area contributed by atoms with Crippen molar-refractivity contribution in [3.63, 3.8) is 0 Å². The summed E-state index contributed by atoms with van der Waals surface area (Å²) in [5.41, 5.74) is 5.04. The summed E-state index contributed by atoms with van der Waals surface area (Å²) in [6.45, 7) is 3.04. The highest BCUT2D eigenvalue weighted by Gasteiger charge is 1.98. The van der Waals surface area contributed by atoms with Gasteiger partial charge in [-0.25, -0.2) is 0 Å². The van der Waals surface area contributed by atoms with E-state index in [0.717, 1.165) is 18.7 Å². The van der Waals surface area contributed by atoms with Crippen molar-refractivity contribution >= 4 is 16.6 Å². The van der Waals surface area contributed by atoms with E-state index < -0.39 is 0 Å². The lowest BCUT2D eigenvalue weighted by Gasteiger charge is -2.07. The molecule has 0 spiro atoms. The molecule has 0 atom stereocenters. The number of aromatic amines is 1. The van der Waals surface area contributed by atoms with Gasteiger partial charge in [0.05, 0.1) is 0 Å². The first-order valence-electron chi connectivity index (χ1n) is 6.74. The normalized spacial score (nSPS) is 10.8. The van der Waals surface area contributed by atoms with E-state index in [-0.39, 0.29) is 0 Å². The molecule has 0 fully saturated rings. The summed E-state index contributed by atoms with van der Waals surface area (Å²) in [5.74, 6) is 0. The summed E-state index contributed by atoms with van der Waals surface area (Å²) in [6.07, 6.45) is 3.07. The van der Waals surface area contributed by atoms with Crippen LogP contribution in [0.3, 0.4) is 0 Å². The molecule has 0 saturated heterocycles. The molecule has 3 aromatic rings. The first-order valence-corrected chi connectivity index (χ1v) is 6.74. The first-order chi connectivity index (χ1) is 9.35. The van der Waals surface area contributed by atoms with Crippen molar-refractivity contribution < 1.29 is 0 Å². The largest absolute Gasteiger partial charge is 0.381 e. The predicted molar refractivity (Wildman–Crippen MR) is 81.4 cm³/mol. The van der Waals surface area contributed by atoms with E-state index in [4.69, 9.17) is 0 Å². The maximum Gasteiger partial charge on any atom is 0.0455 e. The lowest BCUT2D eigenvalue weighted by molar-refractivity contribution is 1.11. The van der Waals surface area contributed by atoms with Gasteiger partial charge in [0.25, 0.3) is 0 Å². The molecule has 0 saturated carbocycles. The number of anilines is 1.